The highest BCUT2D eigenvalue weighted by molar-refractivity contribution is 5.80. The van der Waals surface area contributed by atoms with Gasteiger partial charge in [0.1, 0.15) is 0 Å². The SMILES string of the molecule is CCNC(=NCc1ccc(O)c(F)c1)N1CCN(CC(=O)NCCOC)CC1. The van der Waals surface area contributed by atoms with Crippen molar-refractivity contribution in [3.05, 3.63) is 29.6 Å². The molecule has 0 saturated carbocycles. The Bertz CT molecular complexity index is 663. The van der Waals surface area contributed by atoms with Gasteiger partial charge in [-0.3, -0.25) is 9.69 Å². The number of nitrogens with one attached hydrogen (secondary N) is 2. The van der Waals surface area contributed by atoms with Gasteiger partial charge >= 0.3 is 0 Å². The van der Waals surface area contributed by atoms with Crippen LogP contribution in [-0.4, -0.2) is 86.3 Å². The minimum absolute atomic E-state index is 0.000399. The third-order valence-corrected chi connectivity index (χ3v) is 4.43. The standard InChI is InChI=1S/C19H30FN5O3/c1-3-21-19(23-13-15-4-5-17(26)16(20)12-15)25-9-7-24(8-10-25)14-18(27)22-6-11-28-2/h4-5,12,26H,3,6-11,13-14H2,1-2H3,(H,21,23)(H,22,27). The van der Waals surface area contributed by atoms with E-state index >= 15 is 0 Å². The van der Waals surface area contributed by atoms with Crippen LogP contribution >= 0.6 is 0 Å². The van der Waals surface area contributed by atoms with Gasteiger partial charge in [0.05, 0.1) is 19.7 Å². The number of ether oxygens (including phenoxy) is 1. The van der Waals surface area contributed by atoms with Crippen LogP contribution in [0.5, 0.6) is 5.75 Å². The zero-order valence-corrected chi connectivity index (χ0v) is 16.6. The first-order valence-electron chi connectivity index (χ1n) is 9.52. The Balaban J connectivity index is 1.86. The molecule has 1 saturated heterocycles. The Morgan fingerprint density at radius 1 is 1.29 bits per heavy atom. The van der Waals surface area contributed by atoms with Crippen LogP contribution in [0.4, 0.5) is 4.39 Å². The fourth-order valence-electron chi connectivity index (χ4n) is 2.91. The molecule has 0 aliphatic carbocycles. The molecule has 1 aliphatic heterocycles. The number of carbonyl (C=O) groups excluding carboxylic acids is 1. The van der Waals surface area contributed by atoms with Crippen LogP contribution in [0.3, 0.4) is 0 Å². The number of guanidine groups is 1. The quantitative estimate of drug-likeness (QED) is 0.335. The predicted molar refractivity (Wildman–Crippen MR) is 106 cm³/mol. The highest BCUT2D eigenvalue weighted by atomic mass is 19.1. The van der Waals surface area contributed by atoms with Crippen LogP contribution in [-0.2, 0) is 16.1 Å². The molecule has 1 aromatic carbocycles. The van der Waals surface area contributed by atoms with E-state index in [0.717, 1.165) is 38.7 Å². The summed E-state index contributed by atoms with van der Waals surface area (Å²) >= 11 is 0. The van der Waals surface area contributed by atoms with Crippen molar-refractivity contribution >= 4 is 11.9 Å². The molecule has 1 amide bonds. The Morgan fingerprint density at radius 3 is 2.68 bits per heavy atom. The van der Waals surface area contributed by atoms with Gasteiger partial charge in [-0.25, -0.2) is 9.38 Å². The fraction of sp³-hybridized carbons (Fsp3) is 0.579. The summed E-state index contributed by atoms with van der Waals surface area (Å²) in [5, 5.41) is 15.4. The second-order valence-corrected chi connectivity index (χ2v) is 6.56. The number of aromatic hydroxyl groups is 1. The van der Waals surface area contributed by atoms with Crippen LogP contribution in [0.1, 0.15) is 12.5 Å². The van der Waals surface area contributed by atoms with Gasteiger partial charge in [-0.1, -0.05) is 6.07 Å². The van der Waals surface area contributed by atoms with Gasteiger partial charge in [-0.05, 0) is 24.6 Å². The third kappa shape index (κ3) is 6.97. The molecule has 0 spiro atoms. The van der Waals surface area contributed by atoms with E-state index in [1.165, 1.54) is 12.1 Å². The molecule has 1 aliphatic rings. The van der Waals surface area contributed by atoms with Crippen molar-refractivity contribution in [1.82, 2.24) is 20.4 Å². The normalized spacial score (nSPS) is 15.5. The van der Waals surface area contributed by atoms with Gasteiger partial charge in [-0.2, -0.15) is 0 Å². The first-order valence-corrected chi connectivity index (χ1v) is 9.52. The molecule has 3 N–H and O–H groups in total. The fourth-order valence-corrected chi connectivity index (χ4v) is 2.91. The first-order chi connectivity index (χ1) is 13.5. The Morgan fingerprint density at radius 2 is 2.04 bits per heavy atom. The first kappa shape index (κ1) is 21.9. The van der Waals surface area contributed by atoms with E-state index < -0.39 is 5.82 Å². The number of methoxy groups -OCH3 is 1. The highest BCUT2D eigenvalue weighted by Gasteiger charge is 2.21. The number of hydrogen-bond donors (Lipinski definition) is 3. The zero-order chi connectivity index (χ0) is 20.4. The largest absolute Gasteiger partial charge is 0.505 e. The van der Waals surface area contributed by atoms with Gasteiger partial charge < -0.3 is 25.4 Å². The summed E-state index contributed by atoms with van der Waals surface area (Å²) in [5.41, 5.74) is 0.692. The molecule has 28 heavy (non-hydrogen) atoms. The molecule has 1 heterocycles. The van der Waals surface area contributed by atoms with E-state index in [9.17, 15) is 14.3 Å². The van der Waals surface area contributed by atoms with Crippen molar-refractivity contribution in [3.63, 3.8) is 0 Å². The van der Waals surface area contributed by atoms with Crippen molar-refractivity contribution in [2.24, 2.45) is 4.99 Å². The number of halogens is 1. The van der Waals surface area contributed by atoms with Gasteiger partial charge in [-0.15, -0.1) is 0 Å². The molecule has 2 rings (SSSR count). The molecule has 0 aromatic heterocycles. The summed E-state index contributed by atoms with van der Waals surface area (Å²) in [6.07, 6.45) is 0. The van der Waals surface area contributed by atoms with E-state index in [2.05, 4.69) is 25.4 Å². The summed E-state index contributed by atoms with van der Waals surface area (Å²) in [6, 6.07) is 4.29. The number of rotatable bonds is 8. The van der Waals surface area contributed by atoms with Crippen molar-refractivity contribution in [1.29, 1.82) is 0 Å². The minimum Gasteiger partial charge on any atom is -0.505 e. The Kier molecular flexibility index (Phi) is 8.96. The molecular formula is C19H30FN5O3. The van der Waals surface area contributed by atoms with Crippen LogP contribution in [0.2, 0.25) is 0 Å². The van der Waals surface area contributed by atoms with Crippen molar-refractivity contribution in [2.45, 2.75) is 13.5 Å². The number of amides is 1. The Labute approximate surface area is 165 Å². The lowest BCUT2D eigenvalue weighted by molar-refractivity contribution is -0.122. The number of carbonyl (C=O) groups is 1. The van der Waals surface area contributed by atoms with E-state index in [1.807, 2.05) is 6.92 Å². The average molecular weight is 395 g/mol. The lowest BCUT2D eigenvalue weighted by atomic mass is 10.2. The molecule has 0 radical (unpaired) electrons. The van der Waals surface area contributed by atoms with Crippen molar-refractivity contribution < 1.29 is 19.0 Å². The van der Waals surface area contributed by atoms with Crippen molar-refractivity contribution in [3.8, 4) is 5.75 Å². The maximum Gasteiger partial charge on any atom is 0.234 e. The van der Waals surface area contributed by atoms with E-state index in [-0.39, 0.29) is 11.7 Å². The molecule has 8 nitrogen and oxygen atoms in total. The van der Waals surface area contributed by atoms with Gasteiger partial charge in [0.25, 0.3) is 0 Å². The van der Waals surface area contributed by atoms with Crippen LogP contribution in [0, 0.1) is 5.82 Å². The molecular weight excluding hydrogens is 365 g/mol. The van der Waals surface area contributed by atoms with Gasteiger partial charge in [0.15, 0.2) is 17.5 Å². The summed E-state index contributed by atoms with van der Waals surface area (Å²) in [7, 11) is 1.60. The monoisotopic (exact) mass is 395 g/mol. The van der Waals surface area contributed by atoms with Crippen LogP contribution in [0.15, 0.2) is 23.2 Å². The maximum atomic E-state index is 13.5. The summed E-state index contributed by atoms with van der Waals surface area (Å²) in [5.74, 6) is -0.238. The lowest BCUT2D eigenvalue weighted by Crippen LogP contribution is -2.54. The molecule has 1 fully saturated rings. The van der Waals surface area contributed by atoms with Crippen LogP contribution < -0.4 is 10.6 Å². The van der Waals surface area contributed by atoms with Gasteiger partial charge in [0, 0.05) is 46.4 Å². The number of piperazine rings is 1. The third-order valence-electron chi connectivity index (χ3n) is 4.43. The smallest absolute Gasteiger partial charge is 0.234 e. The summed E-state index contributed by atoms with van der Waals surface area (Å²) in [4.78, 5) is 20.7. The topological polar surface area (TPSA) is 89.4 Å². The predicted octanol–water partition coefficient (Wildman–Crippen LogP) is 0.377. The van der Waals surface area contributed by atoms with E-state index in [4.69, 9.17) is 4.74 Å². The second kappa shape index (κ2) is 11.5. The number of aliphatic imine (C=N–C) groups is 1. The number of nitrogens with zero attached hydrogens (tertiary/aromatic N) is 3. The van der Waals surface area contributed by atoms with Crippen molar-refractivity contribution in [2.75, 3.05) is 59.5 Å². The maximum absolute atomic E-state index is 13.5. The van der Waals surface area contributed by atoms with Crippen LogP contribution in [0.25, 0.3) is 0 Å². The Hall–Kier alpha value is -2.39. The molecule has 156 valence electrons. The summed E-state index contributed by atoms with van der Waals surface area (Å²) in [6.45, 7) is 7.46. The minimum atomic E-state index is -0.643. The van der Waals surface area contributed by atoms with E-state index in [1.54, 1.807) is 13.2 Å². The molecule has 0 bridgehead atoms. The molecule has 9 heteroatoms. The molecule has 0 unspecified atom stereocenters. The summed E-state index contributed by atoms with van der Waals surface area (Å²) < 4.78 is 18.4. The average Bonchev–Trinajstić information content (AvgIpc) is 2.68. The molecule has 1 aromatic rings. The number of benzene rings is 1. The zero-order valence-electron chi connectivity index (χ0n) is 16.6. The highest BCUT2D eigenvalue weighted by Crippen LogP contribution is 2.16. The van der Waals surface area contributed by atoms with Gasteiger partial charge in [0.2, 0.25) is 5.91 Å². The lowest BCUT2D eigenvalue weighted by Gasteiger charge is -2.36. The van der Waals surface area contributed by atoms with E-state index in [0.29, 0.717) is 31.8 Å². The number of phenolic OH excluding ortho intramolecular Hbond substituents is 1. The molecule has 0 atom stereocenters. The number of hydrogen-bond acceptors (Lipinski definition) is 5. The second-order valence-electron chi connectivity index (χ2n) is 6.56. The number of phenols is 1.